The summed E-state index contributed by atoms with van der Waals surface area (Å²) in [5.41, 5.74) is -1.01. The minimum atomic E-state index is -1.50. The van der Waals surface area contributed by atoms with Gasteiger partial charge in [0, 0.05) is 18.8 Å². The highest BCUT2D eigenvalue weighted by Gasteiger charge is 2.29. The van der Waals surface area contributed by atoms with Crippen LogP contribution in [0.3, 0.4) is 0 Å². The van der Waals surface area contributed by atoms with Crippen LogP contribution in [0.1, 0.15) is 5.56 Å². The van der Waals surface area contributed by atoms with Gasteiger partial charge in [0.2, 0.25) is 12.3 Å². The summed E-state index contributed by atoms with van der Waals surface area (Å²) in [6.45, 7) is 0. The first-order valence-electron chi connectivity index (χ1n) is 4.59. The SMILES string of the molecule is CN1C=[C+]C([O-])(c2ccc(F)cc2)C=C1. The van der Waals surface area contributed by atoms with Gasteiger partial charge in [-0.25, -0.2) is 4.39 Å². The normalized spacial score (nSPS) is 24.1. The summed E-state index contributed by atoms with van der Waals surface area (Å²) in [7, 11) is 1.81. The molecule has 1 atom stereocenters. The molecule has 1 heterocycles. The van der Waals surface area contributed by atoms with Crippen molar-refractivity contribution in [3.05, 3.63) is 60.2 Å². The van der Waals surface area contributed by atoms with Gasteiger partial charge in [-0.05, 0) is 18.2 Å². The second-order valence-corrected chi connectivity index (χ2v) is 3.50. The van der Waals surface area contributed by atoms with E-state index in [0.29, 0.717) is 5.56 Å². The summed E-state index contributed by atoms with van der Waals surface area (Å²) in [4.78, 5) is 1.74. The lowest BCUT2D eigenvalue weighted by Crippen LogP contribution is -2.39. The molecule has 2 rings (SSSR count). The van der Waals surface area contributed by atoms with E-state index in [2.05, 4.69) is 6.08 Å². The van der Waals surface area contributed by atoms with Crippen molar-refractivity contribution in [2.24, 2.45) is 0 Å². The minimum absolute atomic E-state index is 0.344. The van der Waals surface area contributed by atoms with Crippen molar-refractivity contribution in [3.8, 4) is 0 Å². The summed E-state index contributed by atoms with van der Waals surface area (Å²) >= 11 is 0. The predicted octanol–water partition coefficient (Wildman–Crippen LogP) is 1.16. The van der Waals surface area contributed by atoms with Gasteiger partial charge in [-0.1, -0.05) is 12.1 Å². The Bertz CT molecular complexity index is 394. The molecule has 3 heteroatoms. The lowest BCUT2D eigenvalue weighted by molar-refractivity contribution is -0.453. The van der Waals surface area contributed by atoms with E-state index in [0.717, 1.165) is 0 Å². The Morgan fingerprint density at radius 2 is 2.00 bits per heavy atom. The van der Waals surface area contributed by atoms with Gasteiger partial charge in [-0.3, -0.25) is 0 Å². The molecule has 0 saturated carbocycles. The van der Waals surface area contributed by atoms with Crippen LogP contribution in [0.4, 0.5) is 4.39 Å². The highest BCUT2D eigenvalue weighted by molar-refractivity contribution is 5.31. The third-order valence-electron chi connectivity index (χ3n) is 2.30. The van der Waals surface area contributed by atoms with E-state index in [9.17, 15) is 9.50 Å². The van der Waals surface area contributed by atoms with E-state index in [1.807, 2.05) is 7.05 Å². The van der Waals surface area contributed by atoms with E-state index in [1.165, 1.54) is 30.3 Å². The molecule has 2 nitrogen and oxygen atoms in total. The molecule has 0 bridgehead atoms. The van der Waals surface area contributed by atoms with Gasteiger partial charge in [0.1, 0.15) is 5.82 Å². The Balaban J connectivity index is 2.34. The van der Waals surface area contributed by atoms with Gasteiger partial charge in [0.25, 0.3) is 0 Å². The highest BCUT2D eigenvalue weighted by Crippen LogP contribution is 2.23. The van der Waals surface area contributed by atoms with Crippen molar-refractivity contribution < 1.29 is 9.50 Å². The monoisotopic (exact) mass is 203 g/mol. The zero-order valence-electron chi connectivity index (χ0n) is 8.27. The summed E-state index contributed by atoms with van der Waals surface area (Å²) in [6, 6.07) is 5.53. The molecule has 1 aliphatic heterocycles. The number of rotatable bonds is 1. The zero-order chi connectivity index (χ0) is 10.9. The number of benzene rings is 1. The summed E-state index contributed by atoms with van der Waals surface area (Å²) < 4.78 is 12.7. The molecular formula is C12H10FNO. The number of hydrogen-bond acceptors (Lipinski definition) is 2. The Morgan fingerprint density at radius 3 is 2.53 bits per heavy atom. The average molecular weight is 203 g/mol. The van der Waals surface area contributed by atoms with Gasteiger partial charge >= 0.3 is 0 Å². The van der Waals surface area contributed by atoms with Crippen LogP contribution >= 0.6 is 0 Å². The molecule has 0 fully saturated rings. The Kier molecular flexibility index (Phi) is 2.27. The van der Waals surface area contributed by atoms with E-state index in [-0.39, 0.29) is 5.82 Å². The third-order valence-corrected chi connectivity index (χ3v) is 2.30. The topological polar surface area (TPSA) is 26.3 Å². The van der Waals surface area contributed by atoms with Crippen LogP contribution in [0.5, 0.6) is 0 Å². The van der Waals surface area contributed by atoms with E-state index < -0.39 is 5.60 Å². The first-order valence-corrected chi connectivity index (χ1v) is 4.59. The molecule has 0 spiro atoms. The zero-order valence-corrected chi connectivity index (χ0v) is 8.27. The van der Waals surface area contributed by atoms with Gasteiger partial charge in [-0.15, -0.1) is 0 Å². The van der Waals surface area contributed by atoms with Crippen molar-refractivity contribution in [2.45, 2.75) is 5.60 Å². The van der Waals surface area contributed by atoms with Crippen LogP contribution in [0.25, 0.3) is 0 Å². The van der Waals surface area contributed by atoms with Gasteiger partial charge in [0.05, 0.1) is 0 Å². The lowest BCUT2D eigenvalue weighted by atomic mass is 9.92. The predicted molar refractivity (Wildman–Crippen MR) is 52.8 cm³/mol. The number of halogens is 1. The molecule has 0 saturated heterocycles. The molecule has 1 unspecified atom stereocenters. The smallest absolute Gasteiger partial charge is 0.247 e. The molecule has 0 aliphatic carbocycles. The average Bonchev–Trinajstić information content (AvgIpc) is 2.24. The van der Waals surface area contributed by atoms with Crippen molar-refractivity contribution in [1.29, 1.82) is 0 Å². The van der Waals surface area contributed by atoms with Crippen LogP contribution in [0.2, 0.25) is 0 Å². The standard InChI is InChI=1S/C12H10FNO/c1-14-8-6-12(15,7-9-14)10-2-4-11(13)5-3-10/h2-6,8-9H,1H3. The maximum absolute atomic E-state index is 12.7. The highest BCUT2D eigenvalue weighted by atomic mass is 19.1. The van der Waals surface area contributed by atoms with Crippen LogP contribution in [0, 0.1) is 11.9 Å². The first-order chi connectivity index (χ1) is 7.10. The molecule has 1 aliphatic rings. The maximum atomic E-state index is 12.7. The van der Waals surface area contributed by atoms with Gasteiger partial charge in [0.15, 0.2) is 5.60 Å². The second-order valence-electron chi connectivity index (χ2n) is 3.50. The Labute approximate surface area is 88.0 Å². The molecule has 76 valence electrons. The van der Waals surface area contributed by atoms with Gasteiger partial charge < -0.3 is 10.0 Å². The molecule has 0 amide bonds. The summed E-state index contributed by atoms with van der Waals surface area (Å²) in [6.07, 6.45) is 7.47. The Hall–Kier alpha value is -1.70. The largest absolute Gasteiger partial charge is 0.797 e. The fraction of sp³-hybridized carbons (Fsp3) is 0.167. The quantitative estimate of drug-likeness (QED) is 0.640. The van der Waals surface area contributed by atoms with Crippen LogP contribution in [0.15, 0.2) is 42.7 Å². The van der Waals surface area contributed by atoms with Crippen LogP contribution in [-0.4, -0.2) is 11.9 Å². The molecule has 1 aromatic rings. The summed E-state index contributed by atoms with van der Waals surface area (Å²) in [5, 5.41) is 12.2. The fourth-order valence-corrected chi connectivity index (χ4v) is 1.39. The molecule has 0 radical (unpaired) electrons. The van der Waals surface area contributed by atoms with Gasteiger partial charge in [-0.2, -0.15) is 0 Å². The third kappa shape index (κ3) is 1.89. The van der Waals surface area contributed by atoms with Crippen molar-refractivity contribution in [3.63, 3.8) is 0 Å². The van der Waals surface area contributed by atoms with Crippen molar-refractivity contribution >= 4 is 0 Å². The molecule has 0 aromatic heterocycles. The molecule has 0 N–H and O–H groups in total. The van der Waals surface area contributed by atoms with Crippen LogP contribution in [-0.2, 0) is 5.60 Å². The summed E-state index contributed by atoms with van der Waals surface area (Å²) in [5.74, 6) is -0.344. The molecule has 15 heavy (non-hydrogen) atoms. The van der Waals surface area contributed by atoms with E-state index in [4.69, 9.17) is 0 Å². The number of nitrogens with zero attached hydrogens (tertiary/aromatic N) is 1. The van der Waals surface area contributed by atoms with E-state index in [1.54, 1.807) is 17.3 Å². The number of hydrogen-bond donors (Lipinski definition) is 0. The molecular weight excluding hydrogens is 193 g/mol. The minimum Gasteiger partial charge on any atom is -0.797 e. The van der Waals surface area contributed by atoms with E-state index >= 15 is 0 Å². The second kappa shape index (κ2) is 3.46. The fourth-order valence-electron chi connectivity index (χ4n) is 1.39. The maximum Gasteiger partial charge on any atom is 0.247 e. The van der Waals surface area contributed by atoms with Crippen molar-refractivity contribution in [1.82, 2.24) is 4.90 Å². The molecule has 1 aromatic carbocycles. The lowest BCUT2D eigenvalue weighted by Gasteiger charge is -2.25. The van der Waals surface area contributed by atoms with Crippen LogP contribution < -0.4 is 5.11 Å². The Morgan fingerprint density at radius 1 is 1.33 bits per heavy atom. The first kappa shape index (κ1) is 9.84. The van der Waals surface area contributed by atoms with Crippen molar-refractivity contribution in [2.75, 3.05) is 7.05 Å².